The van der Waals surface area contributed by atoms with Crippen LogP contribution < -0.4 is 10.1 Å². The molecule has 0 amide bonds. The van der Waals surface area contributed by atoms with Crippen molar-refractivity contribution < 1.29 is 4.74 Å². The maximum atomic E-state index is 6.10. The molecule has 1 unspecified atom stereocenters. The summed E-state index contributed by atoms with van der Waals surface area (Å²) in [7, 11) is 0. The molecule has 1 aliphatic rings. The third-order valence-electron chi connectivity index (χ3n) is 5.46. The molecule has 2 aromatic rings. The Morgan fingerprint density at radius 2 is 1.89 bits per heavy atom. The lowest BCUT2D eigenvalue weighted by Gasteiger charge is -2.33. The Balaban J connectivity index is 1.41. The Morgan fingerprint density at radius 1 is 1.04 bits per heavy atom. The Kier molecular flexibility index (Phi) is 7.73. The van der Waals surface area contributed by atoms with Gasteiger partial charge in [0, 0.05) is 32.2 Å². The van der Waals surface area contributed by atoms with E-state index in [2.05, 4.69) is 72.6 Å². The fourth-order valence-corrected chi connectivity index (χ4v) is 3.85. The Bertz CT molecular complexity index is 686. The zero-order valence-corrected chi connectivity index (χ0v) is 16.9. The molecule has 0 aliphatic carbocycles. The first-order valence-electron chi connectivity index (χ1n) is 10.5. The van der Waals surface area contributed by atoms with Crippen molar-refractivity contribution in [3.63, 3.8) is 0 Å². The van der Waals surface area contributed by atoms with Crippen LogP contribution in [0.2, 0.25) is 0 Å². The predicted molar refractivity (Wildman–Crippen MR) is 113 cm³/mol. The third kappa shape index (κ3) is 6.08. The molecule has 0 bridgehead atoms. The Labute approximate surface area is 164 Å². The normalized spacial score (nSPS) is 17.8. The molecule has 3 rings (SSSR count). The molecule has 1 saturated heterocycles. The van der Waals surface area contributed by atoms with Crippen molar-refractivity contribution in [3.8, 4) is 5.75 Å². The molecule has 1 heterocycles. The number of hydrogen-bond donors (Lipinski definition) is 1. The summed E-state index contributed by atoms with van der Waals surface area (Å²) in [6.07, 6.45) is 4.37. The molecule has 1 N–H and O–H groups in total. The number of aryl methyl sites for hydroxylation is 2. The van der Waals surface area contributed by atoms with Gasteiger partial charge in [0.25, 0.3) is 0 Å². The Hall–Kier alpha value is -1.84. The Morgan fingerprint density at radius 3 is 2.67 bits per heavy atom. The molecule has 3 heteroatoms. The maximum Gasteiger partial charge on any atom is 0.122 e. The molecular weight excluding hydrogens is 332 g/mol. The van der Waals surface area contributed by atoms with Crippen LogP contribution in [-0.4, -0.2) is 37.2 Å². The van der Waals surface area contributed by atoms with Gasteiger partial charge in [-0.15, -0.1) is 0 Å². The van der Waals surface area contributed by atoms with Crippen LogP contribution in [0.3, 0.4) is 0 Å². The van der Waals surface area contributed by atoms with Gasteiger partial charge in [0.15, 0.2) is 0 Å². The van der Waals surface area contributed by atoms with Crippen LogP contribution in [0.15, 0.2) is 48.5 Å². The summed E-state index contributed by atoms with van der Waals surface area (Å²) in [6, 6.07) is 18.0. The van der Waals surface area contributed by atoms with E-state index in [0.717, 1.165) is 57.8 Å². The number of rotatable bonds is 9. The average Bonchev–Trinajstić information content (AvgIpc) is 2.72. The highest BCUT2D eigenvalue weighted by Gasteiger charge is 2.19. The van der Waals surface area contributed by atoms with E-state index >= 15 is 0 Å². The molecule has 1 fully saturated rings. The lowest BCUT2D eigenvalue weighted by molar-refractivity contribution is 0.180. The number of benzene rings is 2. The summed E-state index contributed by atoms with van der Waals surface area (Å²) in [5, 5.41) is 3.67. The van der Waals surface area contributed by atoms with Crippen LogP contribution in [0, 0.1) is 0 Å². The lowest BCUT2D eigenvalue weighted by atomic mass is 10.1. The largest absolute Gasteiger partial charge is 0.493 e. The van der Waals surface area contributed by atoms with Gasteiger partial charge in [-0.2, -0.15) is 0 Å². The zero-order chi connectivity index (χ0) is 18.9. The van der Waals surface area contributed by atoms with Gasteiger partial charge in [0.2, 0.25) is 0 Å². The minimum Gasteiger partial charge on any atom is -0.493 e. The summed E-state index contributed by atoms with van der Waals surface area (Å²) >= 11 is 0. The minimum atomic E-state index is 0.569. The summed E-state index contributed by atoms with van der Waals surface area (Å²) in [6.45, 7) is 9.60. The number of piperazine rings is 1. The van der Waals surface area contributed by atoms with Crippen molar-refractivity contribution in [3.05, 3.63) is 65.2 Å². The molecule has 0 aromatic heterocycles. The fraction of sp³-hybridized carbons (Fsp3) is 0.500. The standard InChI is InChI=1S/C24H34N2O/c1-3-20-12-13-24(22(4-2)17-20)27-16-8-11-23-19-26(15-14-25-23)18-21-9-6-5-7-10-21/h5-7,9-10,12-13,17,23,25H,3-4,8,11,14-16,18-19H2,1-2H3. The maximum absolute atomic E-state index is 6.10. The number of nitrogens with one attached hydrogen (secondary N) is 1. The van der Waals surface area contributed by atoms with Gasteiger partial charge in [0.1, 0.15) is 5.75 Å². The first kappa shape index (κ1) is 19.9. The van der Waals surface area contributed by atoms with Crippen LogP contribution in [-0.2, 0) is 19.4 Å². The van der Waals surface area contributed by atoms with Crippen molar-refractivity contribution in [1.82, 2.24) is 10.2 Å². The molecule has 1 aliphatic heterocycles. The quantitative estimate of drug-likeness (QED) is 0.664. The molecule has 146 valence electrons. The second kappa shape index (κ2) is 10.5. The van der Waals surface area contributed by atoms with Crippen LogP contribution >= 0.6 is 0 Å². The molecule has 2 aromatic carbocycles. The smallest absolute Gasteiger partial charge is 0.122 e. The second-order valence-corrected chi connectivity index (χ2v) is 7.51. The summed E-state index contributed by atoms with van der Waals surface area (Å²) in [5.74, 6) is 1.07. The first-order valence-corrected chi connectivity index (χ1v) is 10.5. The van der Waals surface area contributed by atoms with Crippen LogP contribution in [0.25, 0.3) is 0 Å². The molecule has 0 radical (unpaired) electrons. The van der Waals surface area contributed by atoms with E-state index in [-0.39, 0.29) is 0 Å². The van der Waals surface area contributed by atoms with Gasteiger partial charge >= 0.3 is 0 Å². The van der Waals surface area contributed by atoms with E-state index in [9.17, 15) is 0 Å². The highest BCUT2D eigenvalue weighted by Crippen LogP contribution is 2.21. The number of nitrogens with zero attached hydrogens (tertiary/aromatic N) is 1. The van der Waals surface area contributed by atoms with Gasteiger partial charge in [-0.05, 0) is 48.4 Å². The van der Waals surface area contributed by atoms with Crippen LogP contribution in [0.5, 0.6) is 5.75 Å². The SMILES string of the molecule is CCc1ccc(OCCCC2CN(Cc3ccccc3)CCN2)c(CC)c1. The van der Waals surface area contributed by atoms with Crippen molar-refractivity contribution in [2.24, 2.45) is 0 Å². The summed E-state index contributed by atoms with van der Waals surface area (Å²) < 4.78 is 6.10. The van der Waals surface area contributed by atoms with Crippen molar-refractivity contribution in [2.45, 2.75) is 52.1 Å². The van der Waals surface area contributed by atoms with Gasteiger partial charge < -0.3 is 10.1 Å². The summed E-state index contributed by atoms with van der Waals surface area (Å²) in [5.41, 5.74) is 4.13. The monoisotopic (exact) mass is 366 g/mol. The van der Waals surface area contributed by atoms with E-state index in [0.29, 0.717) is 6.04 Å². The number of hydrogen-bond acceptors (Lipinski definition) is 3. The van der Waals surface area contributed by atoms with Gasteiger partial charge in [-0.1, -0.05) is 56.3 Å². The van der Waals surface area contributed by atoms with E-state index < -0.39 is 0 Å². The lowest BCUT2D eigenvalue weighted by Crippen LogP contribution is -2.50. The van der Waals surface area contributed by atoms with E-state index in [1.54, 1.807) is 0 Å². The third-order valence-corrected chi connectivity index (χ3v) is 5.46. The minimum absolute atomic E-state index is 0.569. The first-order chi connectivity index (χ1) is 13.3. The van der Waals surface area contributed by atoms with Gasteiger partial charge in [-0.3, -0.25) is 4.90 Å². The van der Waals surface area contributed by atoms with Crippen molar-refractivity contribution in [1.29, 1.82) is 0 Å². The van der Waals surface area contributed by atoms with Crippen LogP contribution in [0.4, 0.5) is 0 Å². The van der Waals surface area contributed by atoms with E-state index in [4.69, 9.17) is 4.74 Å². The van der Waals surface area contributed by atoms with Gasteiger partial charge in [0.05, 0.1) is 6.61 Å². The summed E-state index contributed by atoms with van der Waals surface area (Å²) in [4.78, 5) is 2.57. The van der Waals surface area contributed by atoms with Crippen molar-refractivity contribution in [2.75, 3.05) is 26.2 Å². The molecule has 27 heavy (non-hydrogen) atoms. The molecule has 0 spiro atoms. The topological polar surface area (TPSA) is 24.5 Å². The second-order valence-electron chi connectivity index (χ2n) is 7.51. The van der Waals surface area contributed by atoms with Crippen LogP contribution in [0.1, 0.15) is 43.4 Å². The van der Waals surface area contributed by atoms with Crippen molar-refractivity contribution >= 4 is 0 Å². The van der Waals surface area contributed by atoms with Gasteiger partial charge in [-0.25, -0.2) is 0 Å². The van der Waals surface area contributed by atoms with E-state index in [1.165, 1.54) is 23.1 Å². The fourth-order valence-electron chi connectivity index (χ4n) is 3.85. The van der Waals surface area contributed by atoms with E-state index in [1.807, 2.05) is 0 Å². The average molecular weight is 367 g/mol. The molecule has 3 nitrogen and oxygen atoms in total. The zero-order valence-electron chi connectivity index (χ0n) is 16.9. The predicted octanol–water partition coefficient (Wildman–Crippen LogP) is 4.44. The molecular formula is C24H34N2O. The highest BCUT2D eigenvalue weighted by atomic mass is 16.5. The molecule has 0 saturated carbocycles. The number of ether oxygens (including phenoxy) is 1. The highest BCUT2D eigenvalue weighted by molar-refractivity contribution is 5.37. The molecule has 1 atom stereocenters.